The van der Waals surface area contributed by atoms with Gasteiger partial charge >= 0.3 is 0 Å². The standard InChI is InChI=1S/C14H22O3Si/c1-14(2,3)13(15)11-6-8-12(9-7-11)17-10-18(5)16-4/h6-9,18H,10H2,1-5H3. The second-order valence-electron chi connectivity index (χ2n) is 5.46. The molecule has 0 N–H and O–H groups in total. The molecule has 0 aliphatic heterocycles. The topological polar surface area (TPSA) is 35.5 Å². The number of ketones is 1. The zero-order chi connectivity index (χ0) is 13.8. The molecule has 0 amide bonds. The van der Waals surface area contributed by atoms with E-state index in [9.17, 15) is 4.79 Å². The molecule has 0 aliphatic rings. The smallest absolute Gasteiger partial charge is 0.212 e. The Morgan fingerprint density at radius 2 is 1.78 bits per heavy atom. The normalized spacial score (nSPS) is 13.2. The van der Waals surface area contributed by atoms with Crippen LogP contribution in [0.4, 0.5) is 0 Å². The average Bonchev–Trinajstić information content (AvgIpc) is 2.34. The first-order chi connectivity index (χ1) is 8.34. The number of carbonyl (C=O) groups excluding carboxylic acids is 1. The molecule has 0 fully saturated rings. The van der Waals surface area contributed by atoms with Gasteiger partial charge in [-0.25, -0.2) is 0 Å². The average molecular weight is 266 g/mol. The number of hydrogen-bond acceptors (Lipinski definition) is 3. The molecule has 1 aromatic carbocycles. The molecule has 0 aliphatic carbocycles. The van der Waals surface area contributed by atoms with E-state index in [-0.39, 0.29) is 11.2 Å². The lowest BCUT2D eigenvalue weighted by atomic mass is 9.86. The van der Waals surface area contributed by atoms with E-state index in [1.807, 2.05) is 45.0 Å². The molecule has 18 heavy (non-hydrogen) atoms. The van der Waals surface area contributed by atoms with Gasteiger partial charge in [-0.05, 0) is 30.8 Å². The summed E-state index contributed by atoms with van der Waals surface area (Å²) < 4.78 is 10.8. The van der Waals surface area contributed by atoms with E-state index >= 15 is 0 Å². The molecule has 0 bridgehead atoms. The first-order valence-corrected chi connectivity index (χ1v) is 8.59. The lowest BCUT2D eigenvalue weighted by Gasteiger charge is -2.17. The number of ether oxygens (including phenoxy) is 1. The molecule has 0 radical (unpaired) electrons. The van der Waals surface area contributed by atoms with Crippen LogP contribution in [-0.2, 0) is 4.43 Å². The van der Waals surface area contributed by atoms with Crippen molar-refractivity contribution in [2.45, 2.75) is 27.3 Å². The maximum atomic E-state index is 12.0. The Labute approximate surface area is 111 Å². The van der Waals surface area contributed by atoms with E-state index in [2.05, 4.69) is 6.55 Å². The maximum Gasteiger partial charge on any atom is 0.212 e. The van der Waals surface area contributed by atoms with Gasteiger partial charge in [-0.2, -0.15) is 0 Å². The largest absolute Gasteiger partial charge is 0.495 e. The van der Waals surface area contributed by atoms with Crippen LogP contribution in [0.25, 0.3) is 0 Å². The van der Waals surface area contributed by atoms with E-state index in [1.54, 1.807) is 7.11 Å². The quantitative estimate of drug-likeness (QED) is 0.607. The van der Waals surface area contributed by atoms with Crippen LogP contribution in [0, 0.1) is 5.41 Å². The Morgan fingerprint density at radius 3 is 2.22 bits per heavy atom. The highest BCUT2D eigenvalue weighted by atomic mass is 28.3. The molecule has 4 heteroatoms. The van der Waals surface area contributed by atoms with Gasteiger partial charge in [0.1, 0.15) is 12.0 Å². The molecule has 100 valence electrons. The van der Waals surface area contributed by atoms with Crippen LogP contribution in [0.5, 0.6) is 5.75 Å². The molecular formula is C14H22O3Si. The number of benzene rings is 1. The molecule has 0 saturated carbocycles. The van der Waals surface area contributed by atoms with Crippen LogP contribution in [0.1, 0.15) is 31.1 Å². The van der Waals surface area contributed by atoms with Crippen LogP contribution < -0.4 is 4.74 Å². The Morgan fingerprint density at radius 1 is 1.22 bits per heavy atom. The second-order valence-corrected chi connectivity index (χ2v) is 7.89. The van der Waals surface area contributed by atoms with Gasteiger partial charge in [0, 0.05) is 18.1 Å². The third kappa shape index (κ3) is 4.27. The van der Waals surface area contributed by atoms with Gasteiger partial charge in [-0.1, -0.05) is 20.8 Å². The Kier molecular flexibility index (Phi) is 5.11. The highest BCUT2D eigenvalue weighted by Gasteiger charge is 2.22. The first kappa shape index (κ1) is 14.9. The fraction of sp³-hybridized carbons (Fsp3) is 0.500. The van der Waals surface area contributed by atoms with E-state index in [4.69, 9.17) is 9.16 Å². The predicted molar refractivity (Wildman–Crippen MR) is 75.7 cm³/mol. The summed E-state index contributed by atoms with van der Waals surface area (Å²) in [5, 5.41) is 0. The summed E-state index contributed by atoms with van der Waals surface area (Å²) in [6.45, 7) is 7.85. The zero-order valence-corrected chi connectivity index (χ0v) is 13.0. The molecule has 1 unspecified atom stereocenters. The Hall–Kier alpha value is -1.13. The summed E-state index contributed by atoms with van der Waals surface area (Å²) >= 11 is 0. The van der Waals surface area contributed by atoms with Crippen LogP contribution in [0.3, 0.4) is 0 Å². The molecule has 0 heterocycles. The van der Waals surface area contributed by atoms with Gasteiger partial charge in [-0.15, -0.1) is 0 Å². The van der Waals surface area contributed by atoms with Gasteiger partial charge < -0.3 is 9.16 Å². The zero-order valence-electron chi connectivity index (χ0n) is 11.8. The van der Waals surface area contributed by atoms with Crippen molar-refractivity contribution in [3.05, 3.63) is 29.8 Å². The minimum atomic E-state index is -1.20. The summed E-state index contributed by atoms with van der Waals surface area (Å²) in [5.74, 6) is 0.936. The molecule has 0 aromatic heterocycles. The van der Waals surface area contributed by atoms with Crippen LogP contribution in [0.2, 0.25) is 6.55 Å². The molecular weight excluding hydrogens is 244 g/mol. The lowest BCUT2D eigenvalue weighted by molar-refractivity contribution is 0.0858. The van der Waals surface area contributed by atoms with E-state index in [1.165, 1.54) is 0 Å². The van der Waals surface area contributed by atoms with Crippen molar-refractivity contribution in [2.24, 2.45) is 5.41 Å². The molecule has 3 nitrogen and oxygen atoms in total. The molecule has 0 saturated heterocycles. The van der Waals surface area contributed by atoms with Crippen molar-refractivity contribution in [3.63, 3.8) is 0 Å². The van der Waals surface area contributed by atoms with Gasteiger partial charge in [0.25, 0.3) is 0 Å². The third-order valence-corrected chi connectivity index (χ3v) is 4.13. The Balaban J connectivity index is 2.66. The lowest BCUT2D eigenvalue weighted by Crippen LogP contribution is -2.21. The highest BCUT2D eigenvalue weighted by Crippen LogP contribution is 2.22. The fourth-order valence-corrected chi connectivity index (χ4v) is 1.98. The van der Waals surface area contributed by atoms with Crippen LogP contribution in [-0.4, -0.2) is 28.2 Å². The SMILES string of the molecule is CO[SiH](C)COc1ccc(C(=O)C(C)(C)C)cc1. The number of hydrogen-bond donors (Lipinski definition) is 0. The van der Waals surface area contributed by atoms with E-state index < -0.39 is 9.04 Å². The van der Waals surface area contributed by atoms with Crippen molar-refractivity contribution in [3.8, 4) is 5.75 Å². The third-order valence-electron chi connectivity index (χ3n) is 2.68. The van der Waals surface area contributed by atoms with Crippen molar-refractivity contribution in [1.82, 2.24) is 0 Å². The van der Waals surface area contributed by atoms with Gasteiger partial charge in [-0.3, -0.25) is 4.79 Å². The summed E-state index contributed by atoms with van der Waals surface area (Å²) in [6.07, 6.45) is 0.642. The summed E-state index contributed by atoms with van der Waals surface area (Å²) in [7, 11) is 0.514. The van der Waals surface area contributed by atoms with Crippen molar-refractivity contribution in [2.75, 3.05) is 13.3 Å². The van der Waals surface area contributed by atoms with Gasteiger partial charge in [0.2, 0.25) is 9.04 Å². The van der Waals surface area contributed by atoms with Crippen molar-refractivity contribution >= 4 is 14.8 Å². The summed E-state index contributed by atoms with van der Waals surface area (Å²) in [6, 6.07) is 7.33. The molecule has 0 spiro atoms. The monoisotopic (exact) mass is 266 g/mol. The minimum Gasteiger partial charge on any atom is -0.495 e. The second kappa shape index (κ2) is 6.16. The van der Waals surface area contributed by atoms with Crippen LogP contribution in [0.15, 0.2) is 24.3 Å². The van der Waals surface area contributed by atoms with Crippen molar-refractivity contribution in [1.29, 1.82) is 0 Å². The molecule has 1 aromatic rings. The first-order valence-electron chi connectivity index (χ1n) is 6.15. The fourth-order valence-electron chi connectivity index (χ4n) is 1.42. The molecule has 1 atom stereocenters. The van der Waals surface area contributed by atoms with E-state index in [0.29, 0.717) is 6.23 Å². The predicted octanol–water partition coefficient (Wildman–Crippen LogP) is 2.83. The van der Waals surface area contributed by atoms with Crippen molar-refractivity contribution < 1.29 is 14.0 Å². The van der Waals surface area contributed by atoms with Gasteiger partial charge in [0.15, 0.2) is 5.78 Å². The maximum absolute atomic E-state index is 12.0. The Bertz CT molecular complexity index is 392. The molecule has 1 rings (SSSR count). The number of carbonyl (C=O) groups is 1. The minimum absolute atomic E-state index is 0.147. The number of Topliss-reactive ketones (excluding diaryl/α,β-unsaturated/α-hetero) is 1. The number of rotatable bonds is 5. The summed E-state index contributed by atoms with van der Waals surface area (Å²) in [4.78, 5) is 12.0. The van der Waals surface area contributed by atoms with Crippen LogP contribution >= 0.6 is 0 Å². The van der Waals surface area contributed by atoms with Gasteiger partial charge in [0.05, 0.1) is 0 Å². The summed E-state index contributed by atoms with van der Waals surface area (Å²) in [5.41, 5.74) is 0.381. The van der Waals surface area contributed by atoms with E-state index in [0.717, 1.165) is 11.3 Å². The highest BCUT2D eigenvalue weighted by molar-refractivity contribution is 6.50.